The number of carbonyl (C=O) groups is 1. The Labute approximate surface area is 137 Å². The number of aryl methyl sites for hydroxylation is 1. The molecule has 120 valence electrons. The molecule has 0 aliphatic carbocycles. The number of para-hydroxylation sites is 1. The summed E-state index contributed by atoms with van der Waals surface area (Å²) in [5, 5.41) is 3.15. The van der Waals surface area contributed by atoms with E-state index < -0.39 is 0 Å². The number of hydrogen-bond donors (Lipinski definition) is 2. The number of rotatable bonds is 3. The average Bonchev–Trinajstić information content (AvgIpc) is 2.58. The average molecular weight is 309 g/mol. The van der Waals surface area contributed by atoms with E-state index >= 15 is 0 Å². The molecule has 4 heteroatoms. The fourth-order valence-electron chi connectivity index (χ4n) is 3.07. The molecule has 1 aliphatic heterocycles. The van der Waals surface area contributed by atoms with E-state index in [-0.39, 0.29) is 11.9 Å². The molecular formula is C19H23N3O. The van der Waals surface area contributed by atoms with E-state index in [2.05, 4.69) is 34.5 Å². The summed E-state index contributed by atoms with van der Waals surface area (Å²) in [6, 6.07) is 16.1. The monoisotopic (exact) mass is 309 g/mol. The van der Waals surface area contributed by atoms with Crippen LogP contribution in [0.15, 0.2) is 48.5 Å². The van der Waals surface area contributed by atoms with E-state index in [4.69, 9.17) is 5.73 Å². The third kappa shape index (κ3) is 3.65. The Morgan fingerprint density at radius 1 is 1.13 bits per heavy atom. The van der Waals surface area contributed by atoms with E-state index in [1.54, 1.807) is 6.07 Å². The van der Waals surface area contributed by atoms with Crippen molar-refractivity contribution in [2.24, 2.45) is 0 Å². The molecule has 1 aliphatic rings. The van der Waals surface area contributed by atoms with Crippen LogP contribution in [-0.2, 0) is 0 Å². The summed E-state index contributed by atoms with van der Waals surface area (Å²) in [4.78, 5) is 14.8. The molecule has 2 aromatic carbocycles. The van der Waals surface area contributed by atoms with Crippen molar-refractivity contribution in [3.63, 3.8) is 0 Å². The van der Waals surface area contributed by atoms with Gasteiger partial charge >= 0.3 is 0 Å². The van der Waals surface area contributed by atoms with Crippen molar-refractivity contribution in [1.82, 2.24) is 5.32 Å². The molecule has 1 amide bonds. The standard InChI is InChI=1S/C19H23N3O/c1-14-7-8-15(20)13-18(14)19(23)21-16-9-11-22(12-10-16)17-5-3-2-4-6-17/h2-8,13,16H,9-12,20H2,1H3,(H,21,23). The maximum Gasteiger partial charge on any atom is 0.251 e. The molecule has 23 heavy (non-hydrogen) atoms. The van der Waals surface area contributed by atoms with Gasteiger partial charge in [-0.1, -0.05) is 24.3 Å². The third-order valence-corrected chi connectivity index (χ3v) is 4.46. The molecule has 1 saturated heterocycles. The van der Waals surface area contributed by atoms with Crippen LogP contribution in [0.3, 0.4) is 0 Å². The minimum Gasteiger partial charge on any atom is -0.399 e. The van der Waals surface area contributed by atoms with E-state index in [1.165, 1.54) is 5.69 Å². The van der Waals surface area contributed by atoms with Gasteiger partial charge in [0.25, 0.3) is 5.91 Å². The number of anilines is 2. The first kappa shape index (κ1) is 15.4. The van der Waals surface area contributed by atoms with Gasteiger partial charge in [0.2, 0.25) is 0 Å². The minimum atomic E-state index is -0.0204. The maximum absolute atomic E-state index is 12.5. The van der Waals surface area contributed by atoms with Crippen molar-refractivity contribution in [2.45, 2.75) is 25.8 Å². The fourth-order valence-corrected chi connectivity index (χ4v) is 3.07. The number of hydrogen-bond acceptors (Lipinski definition) is 3. The van der Waals surface area contributed by atoms with E-state index in [9.17, 15) is 4.79 Å². The summed E-state index contributed by atoms with van der Waals surface area (Å²) < 4.78 is 0. The highest BCUT2D eigenvalue weighted by atomic mass is 16.1. The topological polar surface area (TPSA) is 58.4 Å². The Morgan fingerprint density at radius 3 is 2.52 bits per heavy atom. The predicted octanol–water partition coefficient (Wildman–Crippen LogP) is 2.98. The lowest BCUT2D eigenvalue weighted by atomic mass is 10.0. The Kier molecular flexibility index (Phi) is 4.51. The molecule has 3 N–H and O–H groups in total. The van der Waals surface area contributed by atoms with Gasteiger partial charge in [-0.05, 0) is 49.6 Å². The number of benzene rings is 2. The second kappa shape index (κ2) is 6.73. The van der Waals surface area contributed by atoms with Crippen molar-refractivity contribution in [3.8, 4) is 0 Å². The van der Waals surface area contributed by atoms with Crippen LogP contribution in [0.4, 0.5) is 11.4 Å². The Balaban J connectivity index is 1.58. The lowest BCUT2D eigenvalue weighted by molar-refractivity contribution is 0.0930. The predicted molar refractivity (Wildman–Crippen MR) is 94.7 cm³/mol. The van der Waals surface area contributed by atoms with Gasteiger partial charge < -0.3 is 16.0 Å². The first-order chi connectivity index (χ1) is 11.1. The van der Waals surface area contributed by atoms with E-state index in [1.807, 2.05) is 25.1 Å². The van der Waals surface area contributed by atoms with Gasteiger partial charge in [0.15, 0.2) is 0 Å². The van der Waals surface area contributed by atoms with Gasteiger partial charge in [-0.2, -0.15) is 0 Å². The summed E-state index contributed by atoms with van der Waals surface area (Å²) in [5.74, 6) is -0.0204. The first-order valence-electron chi connectivity index (χ1n) is 8.10. The summed E-state index contributed by atoms with van der Waals surface area (Å²) in [6.45, 7) is 3.86. The van der Waals surface area contributed by atoms with Crippen molar-refractivity contribution in [2.75, 3.05) is 23.7 Å². The van der Waals surface area contributed by atoms with Gasteiger partial charge in [0, 0.05) is 36.1 Å². The summed E-state index contributed by atoms with van der Waals surface area (Å²) in [7, 11) is 0. The summed E-state index contributed by atoms with van der Waals surface area (Å²) >= 11 is 0. The van der Waals surface area contributed by atoms with Crippen LogP contribution in [0.5, 0.6) is 0 Å². The highest BCUT2D eigenvalue weighted by Crippen LogP contribution is 2.20. The van der Waals surface area contributed by atoms with Crippen molar-refractivity contribution in [3.05, 3.63) is 59.7 Å². The molecule has 1 fully saturated rings. The van der Waals surface area contributed by atoms with Crippen LogP contribution >= 0.6 is 0 Å². The number of nitrogens with zero attached hydrogens (tertiary/aromatic N) is 1. The Morgan fingerprint density at radius 2 is 1.83 bits per heavy atom. The van der Waals surface area contributed by atoms with Gasteiger partial charge in [0.05, 0.1) is 0 Å². The second-order valence-electron chi connectivity index (χ2n) is 6.14. The number of carbonyl (C=O) groups excluding carboxylic acids is 1. The van der Waals surface area contributed by atoms with Crippen molar-refractivity contribution in [1.29, 1.82) is 0 Å². The fraction of sp³-hybridized carbons (Fsp3) is 0.316. The molecule has 0 bridgehead atoms. The molecule has 1 heterocycles. The second-order valence-corrected chi connectivity index (χ2v) is 6.14. The van der Waals surface area contributed by atoms with Gasteiger partial charge in [-0.25, -0.2) is 0 Å². The Hall–Kier alpha value is -2.49. The number of nitrogens with two attached hydrogens (primary N) is 1. The highest BCUT2D eigenvalue weighted by Gasteiger charge is 2.21. The molecule has 2 aromatic rings. The normalized spacial score (nSPS) is 15.4. The summed E-state index contributed by atoms with van der Waals surface area (Å²) in [5.41, 5.74) is 9.31. The van der Waals surface area contributed by atoms with E-state index in [0.717, 1.165) is 31.5 Å². The zero-order chi connectivity index (χ0) is 16.2. The van der Waals surface area contributed by atoms with E-state index in [0.29, 0.717) is 11.3 Å². The summed E-state index contributed by atoms with van der Waals surface area (Å²) in [6.07, 6.45) is 1.92. The molecule has 4 nitrogen and oxygen atoms in total. The molecule has 0 saturated carbocycles. The Bertz CT molecular complexity index is 676. The third-order valence-electron chi connectivity index (χ3n) is 4.46. The largest absolute Gasteiger partial charge is 0.399 e. The van der Waals surface area contributed by atoms with Crippen molar-refractivity contribution < 1.29 is 4.79 Å². The van der Waals surface area contributed by atoms with Crippen LogP contribution in [-0.4, -0.2) is 25.0 Å². The van der Waals surface area contributed by atoms with Crippen molar-refractivity contribution >= 4 is 17.3 Å². The molecule has 0 radical (unpaired) electrons. The van der Waals surface area contributed by atoms with Gasteiger partial charge in [0.1, 0.15) is 0 Å². The van der Waals surface area contributed by atoms with Crippen LogP contribution in [0, 0.1) is 6.92 Å². The lowest BCUT2D eigenvalue weighted by Gasteiger charge is -2.34. The van der Waals surface area contributed by atoms with Crippen LogP contribution in [0.25, 0.3) is 0 Å². The zero-order valence-corrected chi connectivity index (χ0v) is 13.5. The van der Waals surface area contributed by atoms with Crippen LogP contribution < -0.4 is 16.0 Å². The molecular weight excluding hydrogens is 286 g/mol. The number of piperidine rings is 1. The SMILES string of the molecule is Cc1ccc(N)cc1C(=O)NC1CCN(c2ccccc2)CC1. The number of amides is 1. The molecule has 0 aromatic heterocycles. The number of nitrogen functional groups attached to an aromatic ring is 1. The van der Waals surface area contributed by atoms with Crippen LogP contribution in [0.1, 0.15) is 28.8 Å². The lowest BCUT2D eigenvalue weighted by Crippen LogP contribution is -2.44. The molecule has 3 rings (SSSR count). The molecule has 0 atom stereocenters. The smallest absolute Gasteiger partial charge is 0.251 e. The minimum absolute atomic E-state index is 0.0204. The molecule has 0 spiro atoms. The van der Waals surface area contributed by atoms with Gasteiger partial charge in [-0.3, -0.25) is 4.79 Å². The van der Waals surface area contributed by atoms with Gasteiger partial charge in [-0.15, -0.1) is 0 Å². The molecule has 0 unspecified atom stereocenters. The number of nitrogens with one attached hydrogen (secondary N) is 1. The highest BCUT2D eigenvalue weighted by molar-refractivity contribution is 5.96. The first-order valence-corrected chi connectivity index (χ1v) is 8.10. The van der Waals surface area contributed by atoms with Crippen LogP contribution in [0.2, 0.25) is 0 Å². The zero-order valence-electron chi connectivity index (χ0n) is 13.5. The quantitative estimate of drug-likeness (QED) is 0.857. The maximum atomic E-state index is 12.5.